The van der Waals surface area contributed by atoms with Gasteiger partial charge >= 0.3 is 6.16 Å². The second kappa shape index (κ2) is 8.73. The van der Waals surface area contributed by atoms with E-state index in [2.05, 4.69) is 13.5 Å². The third-order valence-corrected chi connectivity index (χ3v) is 2.85. The lowest BCUT2D eigenvalue weighted by atomic mass is 10.1. The first-order chi connectivity index (χ1) is 10.1. The van der Waals surface area contributed by atoms with Crippen molar-refractivity contribution in [2.24, 2.45) is 0 Å². The minimum absolute atomic E-state index is 0.0701. The highest BCUT2D eigenvalue weighted by atomic mass is 16.7. The summed E-state index contributed by atoms with van der Waals surface area (Å²) in [5, 5.41) is 10.5. The molecule has 0 aromatic heterocycles. The van der Waals surface area contributed by atoms with Crippen LogP contribution in [0.2, 0.25) is 0 Å². The fourth-order valence-electron chi connectivity index (χ4n) is 1.70. The summed E-state index contributed by atoms with van der Waals surface area (Å²) in [6.45, 7) is 5.71. The van der Waals surface area contributed by atoms with E-state index in [0.717, 1.165) is 19.3 Å². The summed E-state index contributed by atoms with van der Waals surface area (Å²) in [4.78, 5) is 21.6. The van der Waals surface area contributed by atoms with Gasteiger partial charge in [0.05, 0.1) is 4.92 Å². The second-order valence-electron chi connectivity index (χ2n) is 4.49. The first-order valence-electron chi connectivity index (χ1n) is 6.82. The van der Waals surface area contributed by atoms with Crippen LogP contribution < -0.4 is 4.74 Å². The maximum atomic E-state index is 11.6. The van der Waals surface area contributed by atoms with E-state index in [1.807, 2.05) is 0 Å². The molecule has 0 bridgehead atoms. The number of hydrogen-bond donors (Lipinski definition) is 0. The number of nitrogens with zero attached hydrogens (tertiary/aromatic N) is 1. The van der Waals surface area contributed by atoms with Gasteiger partial charge in [0.25, 0.3) is 5.69 Å². The molecule has 6 heteroatoms. The molecule has 21 heavy (non-hydrogen) atoms. The third-order valence-electron chi connectivity index (χ3n) is 2.85. The summed E-state index contributed by atoms with van der Waals surface area (Å²) in [6, 6.07) is 5.21. The van der Waals surface area contributed by atoms with Crippen molar-refractivity contribution in [1.82, 2.24) is 0 Å². The first-order valence-corrected chi connectivity index (χ1v) is 6.82. The molecule has 1 unspecified atom stereocenters. The summed E-state index contributed by atoms with van der Waals surface area (Å²) in [7, 11) is 0. The molecule has 1 aromatic carbocycles. The highest BCUT2D eigenvalue weighted by molar-refractivity contribution is 5.64. The maximum Gasteiger partial charge on any atom is 0.514 e. The van der Waals surface area contributed by atoms with Crippen molar-refractivity contribution in [3.63, 3.8) is 0 Å². The molecule has 0 heterocycles. The van der Waals surface area contributed by atoms with Gasteiger partial charge in [-0.3, -0.25) is 10.1 Å². The fourth-order valence-corrected chi connectivity index (χ4v) is 1.70. The predicted molar refractivity (Wildman–Crippen MR) is 78.3 cm³/mol. The molecule has 0 amide bonds. The Morgan fingerprint density at radius 3 is 2.57 bits per heavy atom. The SMILES string of the molecule is C=CC(CCCCC)OC(=O)Oc1ccc([N+](=O)[O-])cc1. The van der Waals surface area contributed by atoms with Gasteiger partial charge in [0.1, 0.15) is 11.9 Å². The summed E-state index contributed by atoms with van der Waals surface area (Å²) in [5.41, 5.74) is -0.0701. The summed E-state index contributed by atoms with van der Waals surface area (Å²) in [6.07, 6.45) is 4.12. The lowest BCUT2D eigenvalue weighted by Crippen LogP contribution is -2.19. The summed E-state index contributed by atoms with van der Waals surface area (Å²) in [5.74, 6) is 0.196. The van der Waals surface area contributed by atoms with Crippen molar-refractivity contribution in [2.75, 3.05) is 0 Å². The van der Waals surface area contributed by atoms with Crippen LogP contribution in [0.5, 0.6) is 5.75 Å². The Kier molecular flexibility index (Phi) is 6.94. The number of carbonyl (C=O) groups is 1. The highest BCUT2D eigenvalue weighted by Gasteiger charge is 2.13. The Hall–Kier alpha value is -2.37. The monoisotopic (exact) mass is 293 g/mol. The van der Waals surface area contributed by atoms with Crippen molar-refractivity contribution >= 4 is 11.8 Å². The Bertz CT molecular complexity index is 483. The Labute approximate surface area is 123 Å². The zero-order valence-corrected chi connectivity index (χ0v) is 12.0. The molecule has 0 spiro atoms. The van der Waals surface area contributed by atoms with Crippen molar-refractivity contribution < 1.29 is 19.2 Å². The largest absolute Gasteiger partial charge is 0.514 e. The van der Waals surface area contributed by atoms with Crippen LogP contribution in [-0.2, 0) is 4.74 Å². The topological polar surface area (TPSA) is 78.7 Å². The third kappa shape index (κ3) is 6.07. The maximum absolute atomic E-state index is 11.6. The number of unbranched alkanes of at least 4 members (excludes halogenated alkanes) is 2. The van der Waals surface area contributed by atoms with Crippen LogP contribution in [0.15, 0.2) is 36.9 Å². The predicted octanol–water partition coefficient (Wildman–Crippen LogP) is 4.25. The highest BCUT2D eigenvalue weighted by Crippen LogP contribution is 2.18. The first kappa shape index (κ1) is 16.7. The molecule has 1 aromatic rings. The number of rotatable bonds is 8. The van der Waals surface area contributed by atoms with E-state index in [4.69, 9.17) is 9.47 Å². The van der Waals surface area contributed by atoms with Crippen LogP contribution in [0.1, 0.15) is 32.6 Å². The molecular formula is C15H19NO5. The molecule has 0 aliphatic heterocycles. The van der Waals surface area contributed by atoms with E-state index in [0.29, 0.717) is 6.42 Å². The Morgan fingerprint density at radius 2 is 2.05 bits per heavy atom. The van der Waals surface area contributed by atoms with Gasteiger partial charge in [-0.25, -0.2) is 4.79 Å². The average Bonchev–Trinajstić information content (AvgIpc) is 2.47. The zero-order chi connectivity index (χ0) is 15.7. The van der Waals surface area contributed by atoms with Gasteiger partial charge in [-0.2, -0.15) is 0 Å². The van der Waals surface area contributed by atoms with Crippen molar-refractivity contribution in [1.29, 1.82) is 0 Å². The van der Waals surface area contributed by atoms with Crippen LogP contribution in [0.4, 0.5) is 10.5 Å². The van der Waals surface area contributed by atoms with Crippen LogP contribution in [0, 0.1) is 10.1 Å². The number of nitro benzene ring substituents is 1. The van der Waals surface area contributed by atoms with E-state index >= 15 is 0 Å². The fraction of sp³-hybridized carbons (Fsp3) is 0.400. The molecule has 0 aliphatic carbocycles. The molecule has 0 radical (unpaired) electrons. The molecule has 1 atom stereocenters. The normalized spacial score (nSPS) is 11.5. The summed E-state index contributed by atoms with van der Waals surface area (Å²) >= 11 is 0. The average molecular weight is 293 g/mol. The Morgan fingerprint density at radius 1 is 1.38 bits per heavy atom. The quantitative estimate of drug-likeness (QED) is 0.179. The number of hydrogen-bond acceptors (Lipinski definition) is 5. The van der Waals surface area contributed by atoms with Gasteiger partial charge in [0, 0.05) is 12.1 Å². The minimum atomic E-state index is -0.842. The van der Waals surface area contributed by atoms with E-state index in [-0.39, 0.29) is 17.5 Å². The Balaban J connectivity index is 2.48. The van der Waals surface area contributed by atoms with Crippen molar-refractivity contribution in [3.05, 3.63) is 47.0 Å². The molecule has 0 N–H and O–H groups in total. The standard InChI is InChI=1S/C15H19NO5/c1-3-5-6-7-13(4-2)20-15(17)21-14-10-8-12(9-11-14)16(18)19/h4,8-11,13H,2-3,5-7H2,1H3. The lowest BCUT2D eigenvalue weighted by Gasteiger charge is -2.13. The smallest absolute Gasteiger partial charge is 0.426 e. The molecule has 0 aliphatic rings. The van der Waals surface area contributed by atoms with Gasteiger partial charge in [0.2, 0.25) is 0 Å². The summed E-state index contributed by atoms with van der Waals surface area (Å²) < 4.78 is 10.1. The zero-order valence-electron chi connectivity index (χ0n) is 12.0. The molecular weight excluding hydrogens is 274 g/mol. The molecule has 0 saturated heterocycles. The van der Waals surface area contributed by atoms with Gasteiger partial charge in [-0.15, -0.1) is 0 Å². The second-order valence-corrected chi connectivity index (χ2v) is 4.49. The number of carbonyl (C=O) groups excluding carboxylic acids is 1. The van der Waals surface area contributed by atoms with Crippen LogP contribution in [-0.4, -0.2) is 17.2 Å². The number of ether oxygens (including phenoxy) is 2. The van der Waals surface area contributed by atoms with Gasteiger partial charge in [-0.1, -0.05) is 32.4 Å². The van der Waals surface area contributed by atoms with E-state index < -0.39 is 11.1 Å². The van der Waals surface area contributed by atoms with E-state index in [1.165, 1.54) is 24.3 Å². The van der Waals surface area contributed by atoms with Gasteiger partial charge in [-0.05, 0) is 25.0 Å². The molecule has 1 rings (SSSR count). The number of benzene rings is 1. The van der Waals surface area contributed by atoms with Gasteiger partial charge in [0.15, 0.2) is 0 Å². The molecule has 114 valence electrons. The lowest BCUT2D eigenvalue weighted by molar-refractivity contribution is -0.384. The number of nitro groups is 1. The van der Waals surface area contributed by atoms with Crippen LogP contribution in [0.3, 0.4) is 0 Å². The van der Waals surface area contributed by atoms with E-state index in [9.17, 15) is 14.9 Å². The van der Waals surface area contributed by atoms with E-state index in [1.54, 1.807) is 6.08 Å². The number of non-ortho nitro benzene ring substituents is 1. The van der Waals surface area contributed by atoms with Crippen LogP contribution >= 0.6 is 0 Å². The molecule has 0 fully saturated rings. The molecule has 0 saturated carbocycles. The van der Waals surface area contributed by atoms with Crippen molar-refractivity contribution in [3.8, 4) is 5.75 Å². The van der Waals surface area contributed by atoms with Crippen molar-refractivity contribution in [2.45, 2.75) is 38.7 Å². The molecule has 6 nitrogen and oxygen atoms in total. The van der Waals surface area contributed by atoms with Gasteiger partial charge < -0.3 is 9.47 Å². The van der Waals surface area contributed by atoms with Crippen LogP contribution in [0.25, 0.3) is 0 Å². The minimum Gasteiger partial charge on any atom is -0.426 e.